The van der Waals surface area contributed by atoms with E-state index >= 15 is 0 Å². The average Bonchev–Trinajstić information content (AvgIpc) is 2.14. The lowest BCUT2D eigenvalue weighted by Gasteiger charge is -2.06. The normalized spacial score (nSPS) is 11.9. The molecule has 5 heteroatoms. The second-order valence-corrected chi connectivity index (χ2v) is 2.72. The van der Waals surface area contributed by atoms with Gasteiger partial charge < -0.3 is 5.11 Å². The summed E-state index contributed by atoms with van der Waals surface area (Å²) in [7, 11) is 0. The highest BCUT2D eigenvalue weighted by Gasteiger charge is 2.30. The van der Waals surface area contributed by atoms with Crippen LogP contribution in [0.2, 0.25) is 0 Å². The minimum absolute atomic E-state index is 0.146. The van der Waals surface area contributed by atoms with Gasteiger partial charge in [-0.1, -0.05) is 0 Å². The van der Waals surface area contributed by atoms with E-state index in [9.17, 15) is 18.0 Å². The molecule has 0 unspecified atom stereocenters. The molecule has 1 N–H and O–H groups in total. The van der Waals surface area contributed by atoms with Gasteiger partial charge in [0.25, 0.3) is 0 Å². The first-order valence-corrected chi connectivity index (χ1v) is 3.89. The zero-order chi connectivity index (χ0) is 11.5. The fourth-order valence-electron chi connectivity index (χ4n) is 0.918. The molecule has 1 aromatic rings. The van der Waals surface area contributed by atoms with E-state index in [0.717, 1.165) is 24.3 Å². The molecule has 15 heavy (non-hydrogen) atoms. The third-order valence-corrected chi connectivity index (χ3v) is 1.56. The van der Waals surface area contributed by atoms with Crippen LogP contribution < -0.4 is 0 Å². The Kier molecular flexibility index (Phi) is 3.14. The number of hydrogen-bond acceptors (Lipinski definition) is 1. The number of benzene rings is 1. The molecule has 0 aliphatic heterocycles. The first-order valence-electron chi connectivity index (χ1n) is 3.89. The third kappa shape index (κ3) is 3.46. The molecule has 0 aliphatic rings. The summed E-state index contributed by atoms with van der Waals surface area (Å²) in [6.07, 6.45) is -2.60. The minimum Gasteiger partial charge on any atom is -0.478 e. The van der Waals surface area contributed by atoms with Crippen LogP contribution in [0, 0.1) is 6.07 Å². The molecule has 0 heterocycles. The molecule has 79 valence electrons. The second kappa shape index (κ2) is 4.16. The van der Waals surface area contributed by atoms with Gasteiger partial charge >= 0.3 is 12.1 Å². The standard InChI is InChI=1S/C10H6F3O2/c11-10(12,13)8-3-1-2-7(6-8)4-5-9(14)15/h2-6H,(H,14,15). The van der Waals surface area contributed by atoms with Crippen LogP contribution in [0.15, 0.2) is 24.3 Å². The van der Waals surface area contributed by atoms with Crippen molar-refractivity contribution in [3.8, 4) is 0 Å². The first kappa shape index (κ1) is 11.3. The summed E-state index contributed by atoms with van der Waals surface area (Å²) < 4.78 is 36.6. The van der Waals surface area contributed by atoms with Gasteiger partial charge in [-0.05, 0) is 35.9 Å². The van der Waals surface area contributed by atoms with Gasteiger partial charge in [-0.25, -0.2) is 4.79 Å². The number of carboxylic acid groups (broad SMARTS) is 1. The molecule has 1 radical (unpaired) electrons. The molecule has 0 saturated carbocycles. The zero-order valence-electron chi connectivity index (χ0n) is 7.38. The summed E-state index contributed by atoms with van der Waals surface area (Å²) >= 11 is 0. The number of alkyl halides is 3. The summed E-state index contributed by atoms with van der Waals surface area (Å²) in [5.41, 5.74) is -0.706. The summed E-state index contributed by atoms with van der Waals surface area (Å²) in [6.45, 7) is 0. The Morgan fingerprint density at radius 1 is 1.40 bits per heavy atom. The van der Waals surface area contributed by atoms with E-state index in [1.807, 2.05) is 0 Å². The number of carboxylic acids is 1. The molecule has 0 spiro atoms. The highest BCUT2D eigenvalue weighted by atomic mass is 19.4. The Morgan fingerprint density at radius 3 is 2.60 bits per heavy atom. The van der Waals surface area contributed by atoms with E-state index in [-0.39, 0.29) is 5.56 Å². The first-order chi connectivity index (χ1) is 6.89. The molecule has 0 atom stereocenters. The van der Waals surface area contributed by atoms with Crippen LogP contribution in [0.25, 0.3) is 6.08 Å². The van der Waals surface area contributed by atoms with Crippen LogP contribution in [0.5, 0.6) is 0 Å². The van der Waals surface area contributed by atoms with Crippen LogP contribution in [0.3, 0.4) is 0 Å². The lowest BCUT2D eigenvalue weighted by Crippen LogP contribution is -2.04. The van der Waals surface area contributed by atoms with E-state index in [1.165, 1.54) is 6.07 Å². The molecule has 0 bridgehead atoms. The molecule has 0 aliphatic carbocycles. The van der Waals surface area contributed by atoms with Crippen molar-refractivity contribution in [3.05, 3.63) is 41.5 Å². The summed E-state index contributed by atoms with van der Waals surface area (Å²) in [6, 6.07) is 5.23. The average molecular weight is 215 g/mol. The Morgan fingerprint density at radius 2 is 2.07 bits per heavy atom. The largest absolute Gasteiger partial charge is 0.478 e. The monoisotopic (exact) mass is 215 g/mol. The van der Waals surface area contributed by atoms with Crippen molar-refractivity contribution in [1.82, 2.24) is 0 Å². The highest BCUT2D eigenvalue weighted by Crippen LogP contribution is 2.29. The molecule has 0 fully saturated rings. The summed E-state index contributed by atoms with van der Waals surface area (Å²) in [5.74, 6) is -1.22. The quantitative estimate of drug-likeness (QED) is 0.770. The van der Waals surface area contributed by atoms with Crippen LogP contribution in [0.1, 0.15) is 11.1 Å². The van der Waals surface area contributed by atoms with Crippen LogP contribution in [0.4, 0.5) is 13.2 Å². The fraction of sp³-hybridized carbons (Fsp3) is 0.100. The maximum atomic E-state index is 12.2. The molecule has 1 aromatic carbocycles. The van der Waals surface area contributed by atoms with Gasteiger partial charge in [0, 0.05) is 6.08 Å². The Bertz CT molecular complexity index is 394. The smallest absolute Gasteiger partial charge is 0.416 e. The molecule has 0 aromatic heterocycles. The van der Waals surface area contributed by atoms with Gasteiger partial charge in [-0.3, -0.25) is 0 Å². The predicted molar refractivity (Wildman–Crippen MR) is 46.9 cm³/mol. The summed E-state index contributed by atoms with van der Waals surface area (Å²) in [4.78, 5) is 10.1. The number of rotatable bonds is 2. The van der Waals surface area contributed by atoms with Crippen molar-refractivity contribution in [2.24, 2.45) is 0 Å². The van der Waals surface area contributed by atoms with Gasteiger partial charge in [0.15, 0.2) is 0 Å². The van der Waals surface area contributed by atoms with Crippen molar-refractivity contribution in [2.45, 2.75) is 6.18 Å². The van der Waals surface area contributed by atoms with E-state index < -0.39 is 17.7 Å². The molecular formula is C10H6F3O2. The van der Waals surface area contributed by atoms with Gasteiger partial charge in [0.2, 0.25) is 0 Å². The van der Waals surface area contributed by atoms with Crippen molar-refractivity contribution < 1.29 is 23.1 Å². The fourth-order valence-corrected chi connectivity index (χ4v) is 0.918. The molecule has 0 saturated heterocycles. The lowest BCUT2D eigenvalue weighted by molar-refractivity contribution is -0.137. The Labute approximate surface area is 83.7 Å². The Balaban J connectivity index is 2.98. The number of halogens is 3. The van der Waals surface area contributed by atoms with Crippen molar-refractivity contribution >= 4 is 12.0 Å². The predicted octanol–water partition coefficient (Wildman–Crippen LogP) is 2.60. The maximum absolute atomic E-state index is 12.2. The highest BCUT2D eigenvalue weighted by molar-refractivity contribution is 5.85. The molecule has 1 rings (SSSR count). The minimum atomic E-state index is -4.44. The summed E-state index contributed by atoms with van der Waals surface area (Å²) in [5, 5.41) is 8.28. The number of carbonyl (C=O) groups is 1. The van der Waals surface area contributed by atoms with Gasteiger partial charge in [-0.15, -0.1) is 0 Å². The Hall–Kier alpha value is -1.78. The number of hydrogen-bond donors (Lipinski definition) is 1. The van der Waals surface area contributed by atoms with Gasteiger partial charge in [-0.2, -0.15) is 13.2 Å². The van der Waals surface area contributed by atoms with Crippen LogP contribution in [-0.2, 0) is 11.0 Å². The van der Waals surface area contributed by atoms with Crippen molar-refractivity contribution in [2.75, 3.05) is 0 Å². The second-order valence-electron chi connectivity index (χ2n) is 2.72. The maximum Gasteiger partial charge on any atom is 0.416 e. The van der Waals surface area contributed by atoms with Gasteiger partial charge in [0.1, 0.15) is 0 Å². The molecular weight excluding hydrogens is 209 g/mol. The van der Waals surface area contributed by atoms with E-state index in [2.05, 4.69) is 6.07 Å². The van der Waals surface area contributed by atoms with Crippen molar-refractivity contribution in [1.29, 1.82) is 0 Å². The van der Waals surface area contributed by atoms with Crippen LogP contribution in [-0.4, -0.2) is 11.1 Å². The van der Waals surface area contributed by atoms with E-state index in [0.29, 0.717) is 0 Å². The molecule has 2 nitrogen and oxygen atoms in total. The van der Waals surface area contributed by atoms with E-state index in [4.69, 9.17) is 5.11 Å². The topological polar surface area (TPSA) is 37.3 Å². The number of aliphatic carboxylic acids is 1. The third-order valence-electron chi connectivity index (χ3n) is 1.56. The van der Waals surface area contributed by atoms with Crippen LogP contribution >= 0.6 is 0 Å². The zero-order valence-corrected chi connectivity index (χ0v) is 7.38. The van der Waals surface area contributed by atoms with E-state index in [1.54, 1.807) is 0 Å². The van der Waals surface area contributed by atoms with Crippen molar-refractivity contribution in [3.63, 3.8) is 0 Å². The SMILES string of the molecule is O=C(O)C=Cc1c[c]cc(C(F)(F)F)c1. The lowest BCUT2D eigenvalue weighted by atomic mass is 10.1. The molecule has 0 amide bonds. The van der Waals surface area contributed by atoms with Gasteiger partial charge in [0.05, 0.1) is 5.56 Å².